The van der Waals surface area contributed by atoms with Crippen LogP contribution < -0.4 is 20.1 Å². The lowest BCUT2D eigenvalue weighted by molar-refractivity contribution is 0.0977. The molecule has 0 fully saturated rings. The van der Waals surface area contributed by atoms with Gasteiger partial charge in [0.15, 0.2) is 5.11 Å². The van der Waals surface area contributed by atoms with E-state index in [2.05, 4.69) is 54.3 Å². The van der Waals surface area contributed by atoms with Crippen LogP contribution in [0.1, 0.15) is 44.5 Å². The van der Waals surface area contributed by atoms with E-state index in [4.69, 9.17) is 21.7 Å². The van der Waals surface area contributed by atoms with Crippen molar-refractivity contribution in [1.29, 1.82) is 0 Å². The maximum Gasteiger partial charge on any atom is 0.257 e. The Hall–Kier alpha value is -2.12. The summed E-state index contributed by atoms with van der Waals surface area (Å²) in [6.45, 7) is 9.80. The zero-order chi connectivity index (χ0) is 22.1. The van der Waals surface area contributed by atoms with Crippen LogP contribution in [0.2, 0.25) is 0 Å². The first kappa shape index (κ1) is 24.2. The fourth-order valence-corrected chi connectivity index (χ4v) is 3.10. The third-order valence-electron chi connectivity index (χ3n) is 4.07. The van der Waals surface area contributed by atoms with Gasteiger partial charge in [0.05, 0.1) is 17.7 Å². The molecule has 2 N–H and O–H groups in total. The van der Waals surface area contributed by atoms with Crippen molar-refractivity contribution in [2.45, 2.75) is 34.1 Å². The quantitative estimate of drug-likeness (QED) is 0.418. The van der Waals surface area contributed by atoms with Gasteiger partial charge in [0, 0.05) is 11.3 Å². The SMILES string of the molecule is CC(C)CCOc1ccc(C(=O)NC(=S)Nc2ccc(OCC(C)C)cc2)cc1Br. The first-order chi connectivity index (χ1) is 14.2. The molecule has 0 aliphatic rings. The predicted molar refractivity (Wildman–Crippen MR) is 130 cm³/mol. The number of hydrogen-bond acceptors (Lipinski definition) is 4. The average molecular weight is 493 g/mol. The topological polar surface area (TPSA) is 59.6 Å². The molecule has 2 aromatic rings. The standard InChI is InChI=1S/C23H29BrN2O3S/c1-15(2)11-12-28-21-10-5-17(13-20(21)24)22(27)26-23(30)25-18-6-8-19(9-7-18)29-14-16(3)4/h5-10,13,15-16H,11-12,14H2,1-4H3,(H2,25,26,27,30). The summed E-state index contributed by atoms with van der Waals surface area (Å²) in [6.07, 6.45) is 0.972. The minimum atomic E-state index is -0.293. The van der Waals surface area contributed by atoms with Crippen molar-refractivity contribution >= 4 is 44.9 Å². The van der Waals surface area contributed by atoms with Crippen molar-refractivity contribution in [2.75, 3.05) is 18.5 Å². The van der Waals surface area contributed by atoms with Gasteiger partial charge in [0.25, 0.3) is 5.91 Å². The number of benzene rings is 2. The van der Waals surface area contributed by atoms with E-state index < -0.39 is 0 Å². The molecule has 0 aliphatic carbocycles. The Morgan fingerprint density at radius 2 is 1.73 bits per heavy atom. The van der Waals surface area contributed by atoms with E-state index in [0.29, 0.717) is 36.4 Å². The van der Waals surface area contributed by atoms with Crippen LogP contribution in [-0.4, -0.2) is 24.2 Å². The number of nitrogens with one attached hydrogen (secondary N) is 2. The number of anilines is 1. The van der Waals surface area contributed by atoms with Crippen molar-refractivity contribution in [1.82, 2.24) is 5.32 Å². The van der Waals surface area contributed by atoms with Crippen LogP contribution in [0, 0.1) is 11.8 Å². The van der Waals surface area contributed by atoms with Gasteiger partial charge in [-0.1, -0.05) is 27.7 Å². The summed E-state index contributed by atoms with van der Waals surface area (Å²) in [7, 11) is 0. The Morgan fingerprint density at radius 3 is 2.33 bits per heavy atom. The third kappa shape index (κ3) is 8.32. The highest BCUT2D eigenvalue weighted by molar-refractivity contribution is 9.10. The molecule has 0 aromatic heterocycles. The van der Waals surface area contributed by atoms with Gasteiger partial charge in [-0.25, -0.2) is 0 Å². The molecule has 0 aliphatic heterocycles. The zero-order valence-corrected chi connectivity index (χ0v) is 20.2. The molecular weight excluding hydrogens is 464 g/mol. The smallest absolute Gasteiger partial charge is 0.257 e. The van der Waals surface area contributed by atoms with E-state index in [9.17, 15) is 4.79 Å². The highest BCUT2D eigenvalue weighted by atomic mass is 79.9. The van der Waals surface area contributed by atoms with Crippen LogP contribution in [0.25, 0.3) is 0 Å². The Kier molecular flexibility index (Phi) is 9.59. The number of carbonyl (C=O) groups is 1. The molecule has 7 heteroatoms. The fourth-order valence-electron chi connectivity index (χ4n) is 2.40. The maximum absolute atomic E-state index is 12.5. The number of ether oxygens (including phenoxy) is 2. The molecule has 0 heterocycles. The summed E-state index contributed by atoms with van der Waals surface area (Å²) >= 11 is 8.73. The van der Waals surface area contributed by atoms with Crippen molar-refractivity contribution in [3.8, 4) is 11.5 Å². The number of rotatable bonds is 9. The molecular formula is C23H29BrN2O3S. The molecule has 0 atom stereocenters. The number of carbonyl (C=O) groups excluding carboxylic acids is 1. The van der Waals surface area contributed by atoms with Crippen LogP contribution >= 0.6 is 28.1 Å². The van der Waals surface area contributed by atoms with Crippen LogP contribution in [0.4, 0.5) is 5.69 Å². The van der Waals surface area contributed by atoms with Crippen molar-refractivity contribution in [3.63, 3.8) is 0 Å². The van der Waals surface area contributed by atoms with Gasteiger partial charge in [0.1, 0.15) is 11.5 Å². The molecule has 1 amide bonds. The normalized spacial score (nSPS) is 10.8. The number of thiocarbonyl (C=S) groups is 1. The average Bonchev–Trinajstić information content (AvgIpc) is 2.68. The number of amides is 1. The highest BCUT2D eigenvalue weighted by Gasteiger charge is 2.11. The van der Waals surface area contributed by atoms with Crippen LogP contribution in [0.3, 0.4) is 0 Å². The summed E-state index contributed by atoms with van der Waals surface area (Å²) in [5.41, 5.74) is 1.26. The summed E-state index contributed by atoms with van der Waals surface area (Å²) in [6, 6.07) is 12.7. The zero-order valence-electron chi connectivity index (χ0n) is 17.8. The lowest BCUT2D eigenvalue weighted by Gasteiger charge is -2.13. The summed E-state index contributed by atoms with van der Waals surface area (Å²) in [5, 5.41) is 5.93. The molecule has 0 unspecified atom stereocenters. The Bertz CT molecular complexity index is 854. The van der Waals surface area contributed by atoms with Gasteiger partial charge in [-0.15, -0.1) is 0 Å². The minimum Gasteiger partial charge on any atom is -0.493 e. The van der Waals surface area contributed by atoms with E-state index in [1.807, 2.05) is 24.3 Å². The Labute approximate surface area is 192 Å². The largest absolute Gasteiger partial charge is 0.493 e. The van der Waals surface area contributed by atoms with Gasteiger partial charge in [-0.2, -0.15) is 0 Å². The molecule has 0 spiro atoms. The molecule has 0 radical (unpaired) electrons. The third-order valence-corrected chi connectivity index (χ3v) is 4.89. The van der Waals surface area contributed by atoms with Crippen molar-refractivity contribution in [3.05, 3.63) is 52.5 Å². The van der Waals surface area contributed by atoms with Crippen LogP contribution in [0.15, 0.2) is 46.9 Å². The van der Waals surface area contributed by atoms with Crippen LogP contribution in [-0.2, 0) is 0 Å². The second kappa shape index (κ2) is 11.9. The lowest BCUT2D eigenvalue weighted by atomic mass is 10.1. The molecule has 0 bridgehead atoms. The Morgan fingerprint density at radius 1 is 1.03 bits per heavy atom. The molecule has 30 heavy (non-hydrogen) atoms. The van der Waals surface area contributed by atoms with Gasteiger partial charge in [0.2, 0.25) is 0 Å². The summed E-state index contributed by atoms with van der Waals surface area (Å²) in [5.74, 6) is 2.26. The molecule has 162 valence electrons. The monoisotopic (exact) mass is 492 g/mol. The molecule has 2 rings (SSSR count). The van der Waals surface area contributed by atoms with Gasteiger partial charge in [-0.3, -0.25) is 10.1 Å². The van der Waals surface area contributed by atoms with Crippen molar-refractivity contribution in [2.24, 2.45) is 11.8 Å². The second-order valence-electron chi connectivity index (χ2n) is 7.81. The Balaban J connectivity index is 1.87. The summed E-state index contributed by atoms with van der Waals surface area (Å²) < 4.78 is 12.1. The molecule has 0 saturated heterocycles. The fraction of sp³-hybridized carbons (Fsp3) is 0.391. The first-order valence-electron chi connectivity index (χ1n) is 10.0. The minimum absolute atomic E-state index is 0.226. The second-order valence-corrected chi connectivity index (χ2v) is 9.08. The first-order valence-corrected chi connectivity index (χ1v) is 11.2. The van der Waals surface area contributed by atoms with E-state index in [1.54, 1.807) is 18.2 Å². The molecule has 0 saturated carbocycles. The predicted octanol–water partition coefficient (Wildman–Crippen LogP) is 6.04. The maximum atomic E-state index is 12.5. The summed E-state index contributed by atoms with van der Waals surface area (Å²) in [4.78, 5) is 12.5. The number of halogens is 1. The lowest BCUT2D eigenvalue weighted by Crippen LogP contribution is -2.34. The van der Waals surface area contributed by atoms with E-state index in [-0.39, 0.29) is 11.0 Å². The number of hydrogen-bond donors (Lipinski definition) is 2. The van der Waals surface area contributed by atoms with E-state index in [0.717, 1.165) is 22.3 Å². The molecule has 2 aromatic carbocycles. The van der Waals surface area contributed by atoms with Crippen LogP contribution in [0.5, 0.6) is 11.5 Å². The van der Waals surface area contributed by atoms with Gasteiger partial charge < -0.3 is 14.8 Å². The van der Waals surface area contributed by atoms with E-state index in [1.165, 1.54) is 0 Å². The van der Waals surface area contributed by atoms with Crippen molar-refractivity contribution < 1.29 is 14.3 Å². The van der Waals surface area contributed by atoms with Gasteiger partial charge in [-0.05, 0) is 88.9 Å². The van der Waals surface area contributed by atoms with E-state index >= 15 is 0 Å². The van der Waals surface area contributed by atoms with Gasteiger partial charge >= 0.3 is 0 Å². The molecule has 5 nitrogen and oxygen atoms in total. The highest BCUT2D eigenvalue weighted by Crippen LogP contribution is 2.26.